The highest BCUT2D eigenvalue weighted by Crippen LogP contribution is 2.40. The van der Waals surface area contributed by atoms with Crippen LogP contribution in [-0.4, -0.2) is 14.5 Å². The molecule has 2 aromatic heterocycles. The molecule has 0 fully saturated rings. The van der Waals surface area contributed by atoms with E-state index in [0.717, 1.165) is 66.7 Å². The van der Waals surface area contributed by atoms with E-state index in [1.807, 2.05) is 0 Å². The largest absolute Gasteiger partial charge is 0.306 e. The number of hydrogen-bond acceptors (Lipinski definition) is 2. The van der Waals surface area contributed by atoms with Crippen LogP contribution in [0.4, 0.5) is 0 Å². The second-order valence-electron chi connectivity index (χ2n) is 17.0. The molecule has 0 saturated heterocycles. The highest BCUT2D eigenvalue weighted by Gasteiger charge is 2.22. The van der Waals surface area contributed by atoms with Gasteiger partial charge in [0.15, 0.2) is 5.82 Å². The summed E-state index contributed by atoms with van der Waals surface area (Å²) in [7, 11) is 0. The van der Waals surface area contributed by atoms with Gasteiger partial charge in [-0.2, -0.15) is 0 Å². The summed E-state index contributed by atoms with van der Waals surface area (Å²) in [4.78, 5) is 11.0. The van der Waals surface area contributed by atoms with E-state index < -0.39 is 0 Å². The predicted octanol–water partition coefficient (Wildman–Crippen LogP) is 16.9. The van der Waals surface area contributed by atoms with Crippen LogP contribution in [0.25, 0.3) is 117 Å². The van der Waals surface area contributed by atoms with Crippen molar-refractivity contribution in [3.63, 3.8) is 0 Å². The summed E-state index contributed by atoms with van der Waals surface area (Å²) >= 11 is 0. The Hall–Kier alpha value is -8.92. The number of fused-ring (bicyclic) bond motifs is 3. The van der Waals surface area contributed by atoms with Crippen molar-refractivity contribution in [1.82, 2.24) is 14.5 Å². The average molecular weight is 854 g/mol. The summed E-state index contributed by atoms with van der Waals surface area (Å²) in [6.45, 7) is 0. The lowest BCUT2D eigenvalue weighted by atomic mass is 9.96. The molecule has 12 aromatic rings. The van der Waals surface area contributed by atoms with Crippen molar-refractivity contribution in [2.24, 2.45) is 0 Å². The Bertz CT molecular complexity index is 3710. The first-order valence-electron chi connectivity index (χ1n) is 22.8. The molecule has 3 nitrogen and oxygen atoms in total. The Kier molecular flexibility index (Phi) is 10.2. The molecule has 3 heteroatoms. The molecule has 67 heavy (non-hydrogen) atoms. The van der Waals surface area contributed by atoms with Crippen LogP contribution in [-0.2, 0) is 0 Å². The van der Waals surface area contributed by atoms with Gasteiger partial charge in [-0.3, -0.25) is 0 Å². The van der Waals surface area contributed by atoms with Crippen LogP contribution >= 0.6 is 0 Å². The van der Waals surface area contributed by atoms with E-state index in [9.17, 15) is 0 Å². The average Bonchev–Trinajstić information content (AvgIpc) is 3.76. The molecule has 0 unspecified atom stereocenters. The first kappa shape index (κ1) is 39.7. The third kappa shape index (κ3) is 7.69. The summed E-state index contributed by atoms with van der Waals surface area (Å²) in [6.07, 6.45) is 0. The molecule has 0 spiro atoms. The van der Waals surface area contributed by atoms with Gasteiger partial charge in [0.1, 0.15) is 5.52 Å². The monoisotopic (exact) mass is 853 g/mol. The number of aromatic nitrogens is 3. The van der Waals surface area contributed by atoms with Crippen LogP contribution in [0.1, 0.15) is 0 Å². The van der Waals surface area contributed by atoms with Gasteiger partial charge in [0.05, 0.1) is 16.7 Å². The molecule has 0 radical (unpaired) electrons. The SMILES string of the molecule is c1ccc(-c2ccc(-c3cccc(-c4cccc(-c5nc(-c6cccc(-c7cccc(-c8ccc(-c9ccccc9)cc8)c7)c6)c6c(n5)c5ccccc5n6-c5ccccc5)c4)c3)cc2)cc1. The fourth-order valence-electron chi connectivity index (χ4n) is 9.43. The van der Waals surface area contributed by atoms with Crippen molar-refractivity contribution in [3.05, 3.63) is 261 Å². The highest BCUT2D eigenvalue weighted by atomic mass is 15.0. The van der Waals surface area contributed by atoms with Gasteiger partial charge in [-0.05, 0) is 109 Å². The fraction of sp³-hybridized carbons (Fsp3) is 0. The van der Waals surface area contributed by atoms with E-state index in [2.05, 4.69) is 265 Å². The van der Waals surface area contributed by atoms with Crippen molar-refractivity contribution in [2.45, 2.75) is 0 Å². The van der Waals surface area contributed by atoms with Gasteiger partial charge in [0.25, 0.3) is 0 Å². The van der Waals surface area contributed by atoms with Crippen molar-refractivity contribution < 1.29 is 0 Å². The fourth-order valence-corrected chi connectivity index (χ4v) is 9.43. The third-order valence-corrected chi connectivity index (χ3v) is 12.8. The Morgan fingerprint density at radius 1 is 0.254 bits per heavy atom. The second kappa shape index (κ2) is 17.2. The van der Waals surface area contributed by atoms with E-state index in [1.54, 1.807) is 0 Å². The summed E-state index contributed by atoms with van der Waals surface area (Å²) in [6, 6.07) is 93.0. The summed E-state index contributed by atoms with van der Waals surface area (Å²) < 4.78 is 2.32. The van der Waals surface area contributed by atoms with Crippen LogP contribution in [0.15, 0.2) is 261 Å². The third-order valence-electron chi connectivity index (χ3n) is 12.8. The molecule has 10 aromatic carbocycles. The van der Waals surface area contributed by atoms with Crippen molar-refractivity contribution in [1.29, 1.82) is 0 Å². The lowest BCUT2D eigenvalue weighted by Crippen LogP contribution is -2.00. The first-order chi connectivity index (χ1) is 33.2. The lowest BCUT2D eigenvalue weighted by molar-refractivity contribution is 1.15. The molecular weight excluding hydrogens is 811 g/mol. The smallest absolute Gasteiger partial charge is 0.160 e. The molecule has 0 bridgehead atoms. The maximum absolute atomic E-state index is 5.56. The van der Waals surface area contributed by atoms with E-state index in [1.165, 1.54) is 44.5 Å². The topological polar surface area (TPSA) is 30.7 Å². The molecule has 0 aliphatic carbocycles. The van der Waals surface area contributed by atoms with Crippen LogP contribution in [0.2, 0.25) is 0 Å². The second-order valence-corrected chi connectivity index (χ2v) is 17.0. The number of rotatable bonds is 9. The van der Waals surface area contributed by atoms with Gasteiger partial charge in [-0.1, -0.05) is 218 Å². The molecule has 12 rings (SSSR count). The van der Waals surface area contributed by atoms with Crippen molar-refractivity contribution >= 4 is 21.9 Å². The zero-order valence-corrected chi connectivity index (χ0v) is 36.7. The van der Waals surface area contributed by atoms with Gasteiger partial charge >= 0.3 is 0 Å². The molecular formula is C64H43N3. The normalized spacial score (nSPS) is 11.3. The standard InChI is InChI=1S/C64H43N3/c1-4-16-44(17-5-1)46-32-36-48(37-33-46)50-20-12-22-52(40-50)54-24-14-26-56(42-54)61-63-62(59-30-10-11-31-60(59)67(63)58-28-8-3-9-29-58)66-64(65-61)57-27-15-25-55(43-57)53-23-13-21-51(41-53)49-38-34-47(35-39-49)45-18-6-2-7-19-45/h1-43H. The van der Waals surface area contributed by atoms with Crippen molar-refractivity contribution in [3.8, 4) is 95.1 Å². The molecule has 314 valence electrons. The lowest BCUT2D eigenvalue weighted by Gasteiger charge is -2.14. The number of nitrogens with zero attached hydrogens (tertiary/aromatic N) is 3. The summed E-state index contributed by atoms with van der Waals surface area (Å²) in [5.41, 5.74) is 20.9. The van der Waals surface area contributed by atoms with Crippen LogP contribution in [0.5, 0.6) is 0 Å². The Labute approximate surface area is 390 Å². The molecule has 0 atom stereocenters. The minimum absolute atomic E-state index is 0.680. The van der Waals surface area contributed by atoms with E-state index >= 15 is 0 Å². The Balaban J connectivity index is 0.961. The van der Waals surface area contributed by atoms with Gasteiger partial charge < -0.3 is 4.57 Å². The van der Waals surface area contributed by atoms with Crippen LogP contribution < -0.4 is 0 Å². The van der Waals surface area contributed by atoms with E-state index in [-0.39, 0.29) is 0 Å². The van der Waals surface area contributed by atoms with Crippen LogP contribution in [0.3, 0.4) is 0 Å². The Morgan fingerprint density at radius 3 is 1.10 bits per heavy atom. The molecule has 0 amide bonds. The van der Waals surface area contributed by atoms with Gasteiger partial charge in [-0.25, -0.2) is 9.97 Å². The molecule has 0 N–H and O–H groups in total. The highest BCUT2D eigenvalue weighted by molar-refractivity contribution is 6.11. The number of para-hydroxylation sites is 2. The zero-order valence-electron chi connectivity index (χ0n) is 36.7. The van der Waals surface area contributed by atoms with Gasteiger partial charge in [-0.15, -0.1) is 0 Å². The van der Waals surface area contributed by atoms with Gasteiger partial charge in [0.2, 0.25) is 0 Å². The van der Waals surface area contributed by atoms with Gasteiger partial charge in [0, 0.05) is 22.2 Å². The first-order valence-corrected chi connectivity index (χ1v) is 22.8. The molecule has 0 aliphatic heterocycles. The Morgan fingerprint density at radius 2 is 0.597 bits per heavy atom. The quantitative estimate of drug-likeness (QED) is 0.145. The minimum atomic E-state index is 0.680. The van der Waals surface area contributed by atoms with Crippen molar-refractivity contribution in [2.75, 3.05) is 0 Å². The molecule has 0 saturated carbocycles. The van der Waals surface area contributed by atoms with E-state index in [0.29, 0.717) is 5.82 Å². The summed E-state index contributed by atoms with van der Waals surface area (Å²) in [5.74, 6) is 0.680. The van der Waals surface area contributed by atoms with E-state index in [4.69, 9.17) is 9.97 Å². The maximum Gasteiger partial charge on any atom is 0.160 e. The zero-order chi connectivity index (χ0) is 44.5. The maximum atomic E-state index is 5.56. The summed E-state index contributed by atoms with van der Waals surface area (Å²) in [5, 5.41) is 1.08. The number of benzene rings is 10. The predicted molar refractivity (Wildman–Crippen MR) is 280 cm³/mol. The number of hydrogen-bond donors (Lipinski definition) is 0. The molecule has 2 heterocycles. The molecule has 0 aliphatic rings. The van der Waals surface area contributed by atoms with Crippen LogP contribution in [0, 0.1) is 0 Å². The minimum Gasteiger partial charge on any atom is -0.306 e.